The Hall–Kier alpha value is -0.840. The van der Waals surface area contributed by atoms with Crippen molar-refractivity contribution in [3.63, 3.8) is 0 Å². The van der Waals surface area contributed by atoms with Crippen molar-refractivity contribution in [2.45, 2.75) is 32.0 Å². The van der Waals surface area contributed by atoms with Crippen LogP contribution in [0.15, 0.2) is 16.5 Å². The summed E-state index contributed by atoms with van der Waals surface area (Å²) in [6.07, 6.45) is 2.59. The molecule has 17 heavy (non-hydrogen) atoms. The van der Waals surface area contributed by atoms with Crippen molar-refractivity contribution in [2.24, 2.45) is 5.73 Å². The summed E-state index contributed by atoms with van der Waals surface area (Å²) < 4.78 is 5.67. The van der Waals surface area contributed by atoms with Gasteiger partial charge in [0.15, 0.2) is 0 Å². The minimum atomic E-state index is 0.487. The minimum Gasteiger partial charge on any atom is -0.463 e. The van der Waals surface area contributed by atoms with Crippen LogP contribution in [-0.4, -0.2) is 43.0 Å². The van der Waals surface area contributed by atoms with Crippen LogP contribution in [0.2, 0.25) is 0 Å². The van der Waals surface area contributed by atoms with E-state index in [1.165, 1.54) is 19.4 Å². The maximum Gasteiger partial charge on any atom is 0.118 e. The molecule has 1 aliphatic rings. The van der Waals surface area contributed by atoms with E-state index in [4.69, 9.17) is 10.2 Å². The molecule has 1 saturated heterocycles. The number of rotatable bonds is 5. The van der Waals surface area contributed by atoms with Gasteiger partial charge in [0.05, 0.1) is 13.1 Å². The standard InChI is InChI=1S/C13H23N3O/c1-15(2)9-11-4-3-7-16(11)10-13-6-5-12(8-14)17-13/h5-6,11H,3-4,7-10,14H2,1-2H3. The third-order valence-electron chi connectivity index (χ3n) is 3.35. The van der Waals surface area contributed by atoms with Gasteiger partial charge < -0.3 is 15.1 Å². The smallest absolute Gasteiger partial charge is 0.118 e. The summed E-state index contributed by atoms with van der Waals surface area (Å²) in [6, 6.07) is 4.69. The zero-order valence-corrected chi connectivity index (χ0v) is 10.9. The van der Waals surface area contributed by atoms with E-state index in [-0.39, 0.29) is 0 Å². The van der Waals surface area contributed by atoms with Crippen molar-refractivity contribution in [3.8, 4) is 0 Å². The zero-order valence-electron chi connectivity index (χ0n) is 10.9. The Morgan fingerprint density at radius 1 is 1.41 bits per heavy atom. The molecule has 1 aromatic rings. The second kappa shape index (κ2) is 5.67. The number of nitrogens with zero attached hydrogens (tertiary/aromatic N) is 2. The monoisotopic (exact) mass is 237 g/mol. The van der Waals surface area contributed by atoms with Crippen LogP contribution in [0, 0.1) is 0 Å². The molecule has 0 aliphatic carbocycles. The molecular weight excluding hydrogens is 214 g/mol. The molecule has 0 bridgehead atoms. The van der Waals surface area contributed by atoms with Crippen molar-refractivity contribution < 1.29 is 4.42 Å². The molecule has 0 aromatic carbocycles. The molecule has 0 amide bonds. The van der Waals surface area contributed by atoms with Gasteiger partial charge in [-0.25, -0.2) is 0 Å². The van der Waals surface area contributed by atoms with Crippen molar-refractivity contribution in [2.75, 3.05) is 27.2 Å². The Bertz CT molecular complexity index is 348. The number of nitrogens with two attached hydrogens (primary N) is 1. The molecule has 4 nitrogen and oxygen atoms in total. The van der Waals surface area contributed by atoms with Gasteiger partial charge in [0, 0.05) is 12.6 Å². The first-order chi connectivity index (χ1) is 8.19. The quantitative estimate of drug-likeness (QED) is 0.837. The van der Waals surface area contributed by atoms with Crippen molar-refractivity contribution >= 4 is 0 Å². The van der Waals surface area contributed by atoms with E-state index in [9.17, 15) is 0 Å². The molecule has 0 radical (unpaired) electrons. The molecule has 1 unspecified atom stereocenters. The van der Waals surface area contributed by atoms with Crippen molar-refractivity contribution in [1.82, 2.24) is 9.80 Å². The average molecular weight is 237 g/mol. The van der Waals surface area contributed by atoms with E-state index < -0.39 is 0 Å². The predicted molar refractivity (Wildman–Crippen MR) is 68.6 cm³/mol. The van der Waals surface area contributed by atoms with Crippen molar-refractivity contribution in [1.29, 1.82) is 0 Å². The predicted octanol–water partition coefficient (Wildman–Crippen LogP) is 1.26. The number of likely N-dealkylation sites (tertiary alicyclic amines) is 1. The van der Waals surface area contributed by atoms with Gasteiger partial charge in [-0.15, -0.1) is 0 Å². The largest absolute Gasteiger partial charge is 0.463 e. The minimum absolute atomic E-state index is 0.487. The molecule has 0 saturated carbocycles. The van der Waals surface area contributed by atoms with E-state index in [0.29, 0.717) is 12.6 Å². The van der Waals surface area contributed by atoms with Crippen LogP contribution in [-0.2, 0) is 13.1 Å². The Balaban J connectivity index is 1.92. The highest BCUT2D eigenvalue weighted by Gasteiger charge is 2.25. The molecule has 4 heteroatoms. The summed E-state index contributed by atoms with van der Waals surface area (Å²) in [5, 5.41) is 0. The molecule has 1 aliphatic heterocycles. The van der Waals surface area contributed by atoms with Crippen molar-refractivity contribution in [3.05, 3.63) is 23.7 Å². The van der Waals surface area contributed by atoms with Gasteiger partial charge >= 0.3 is 0 Å². The lowest BCUT2D eigenvalue weighted by Crippen LogP contribution is -2.36. The van der Waals surface area contributed by atoms with Crippen LogP contribution >= 0.6 is 0 Å². The maximum absolute atomic E-state index is 5.67. The topological polar surface area (TPSA) is 45.6 Å². The van der Waals surface area contributed by atoms with Gasteiger partial charge in [0.25, 0.3) is 0 Å². The number of likely N-dealkylation sites (N-methyl/N-ethyl adjacent to an activating group) is 1. The third kappa shape index (κ3) is 3.31. The highest BCUT2D eigenvalue weighted by molar-refractivity contribution is 5.07. The van der Waals surface area contributed by atoms with Gasteiger partial charge in [-0.1, -0.05) is 0 Å². The van der Waals surface area contributed by atoms with Crippen LogP contribution in [0.3, 0.4) is 0 Å². The van der Waals surface area contributed by atoms with E-state index >= 15 is 0 Å². The molecule has 1 atom stereocenters. The molecule has 2 rings (SSSR count). The first kappa shape index (κ1) is 12.6. The van der Waals surface area contributed by atoms with E-state index in [2.05, 4.69) is 23.9 Å². The number of hydrogen-bond acceptors (Lipinski definition) is 4. The van der Waals surface area contributed by atoms with Crippen LogP contribution in [0.25, 0.3) is 0 Å². The summed E-state index contributed by atoms with van der Waals surface area (Å²) in [4.78, 5) is 4.77. The van der Waals surface area contributed by atoms with Crippen LogP contribution in [0.4, 0.5) is 0 Å². The fourth-order valence-corrected chi connectivity index (χ4v) is 2.55. The van der Waals surface area contributed by atoms with E-state index in [0.717, 1.165) is 24.6 Å². The number of furan rings is 1. The molecule has 0 spiro atoms. The van der Waals surface area contributed by atoms with E-state index in [1.807, 2.05) is 12.1 Å². The lowest BCUT2D eigenvalue weighted by atomic mass is 10.2. The second-order valence-electron chi connectivity index (χ2n) is 5.10. The van der Waals surface area contributed by atoms with Gasteiger partial charge in [0.2, 0.25) is 0 Å². The van der Waals surface area contributed by atoms with Gasteiger partial charge in [0.1, 0.15) is 11.5 Å². The lowest BCUT2D eigenvalue weighted by molar-refractivity contribution is 0.187. The van der Waals surface area contributed by atoms with Gasteiger partial charge in [-0.05, 0) is 45.6 Å². The highest BCUT2D eigenvalue weighted by Crippen LogP contribution is 2.21. The highest BCUT2D eigenvalue weighted by atomic mass is 16.3. The molecule has 96 valence electrons. The van der Waals surface area contributed by atoms with E-state index in [1.54, 1.807) is 0 Å². The second-order valence-corrected chi connectivity index (χ2v) is 5.10. The normalized spacial score (nSPS) is 21.5. The summed E-state index contributed by atoms with van der Waals surface area (Å²) in [5.41, 5.74) is 5.55. The Morgan fingerprint density at radius 2 is 2.18 bits per heavy atom. The zero-order chi connectivity index (χ0) is 12.3. The summed E-state index contributed by atoms with van der Waals surface area (Å²) in [7, 11) is 4.27. The molecule has 2 heterocycles. The first-order valence-corrected chi connectivity index (χ1v) is 6.35. The fourth-order valence-electron chi connectivity index (χ4n) is 2.55. The third-order valence-corrected chi connectivity index (χ3v) is 3.35. The molecule has 2 N–H and O–H groups in total. The fraction of sp³-hybridized carbons (Fsp3) is 0.692. The Labute approximate surface area is 103 Å². The summed E-state index contributed by atoms with van der Waals surface area (Å²) in [6.45, 7) is 3.71. The lowest BCUT2D eigenvalue weighted by Gasteiger charge is -2.26. The van der Waals surface area contributed by atoms with Gasteiger partial charge in [-0.3, -0.25) is 4.90 Å². The Morgan fingerprint density at radius 3 is 2.82 bits per heavy atom. The molecule has 1 fully saturated rings. The Kier molecular flexibility index (Phi) is 4.20. The summed E-state index contributed by atoms with van der Waals surface area (Å²) in [5.74, 6) is 1.92. The maximum atomic E-state index is 5.67. The summed E-state index contributed by atoms with van der Waals surface area (Å²) >= 11 is 0. The average Bonchev–Trinajstić information content (AvgIpc) is 2.89. The molecular formula is C13H23N3O. The number of hydrogen-bond donors (Lipinski definition) is 1. The van der Waals surface area contributed by atoms with Crippen LogP contribution in [0.1, 0.15) is 24.4 Å². The van der Waals surface area contributed by atoms with Crippen LogP contribution < -0.4 is 5.73 Å². The molecule has 1 aromatic heterocycles. The van der Waals surface area contributed by atoms with Crippen LogP contribution in [0.5, 0.6) is 0 Å². The first-order valence-electron chi connectivity index (χ1n) is 6.35. The van der Waals surface area contributed by atoms with Gasteiger partial charge in [-0.2, -0.15) is 0 Å². The SMILES string of the molecule is CN(C)CC1CCCN1Cc1ccc(CN)o1.